The summed E-state index contributed by atoms with van der Waals surface area (Å²) in [6.07, 6.45) is 1.79. The molecular weight excluding hydrogens is 362 g/mol. The SMILES string of the molecule is COCC(NC(=O)c1ccc2c(c1)ncn2Cc1ccc(Cl)cc1)C(C)C. The van der Waals surface area contributed by atoms with Crippen LogP contribution in [0.25, 0.3) is 11.0 Å². The second kappa shape index (κ2) is 8.55. The highest BCUT2D eigenvalue weighted by molar-refractivity contribution is 6.30. The monoisotopic (exact) mass is 385 g/mol. The number of carbonyl (C=O) groups is 1. The van der Waals surface area contributed by atoms with Crippen molar-refractivity contribution in [3.05, 3.63) is 64.9 Å². The van der Waals surface area contributed by atoms with E-state index in [0.717, 1.165) is 21.6 Å². The van der Waals surface area contributed by atoms with Crippen LogP contribution in [0.3, 0.4) is 0 Å². The molecule has 2 aromatic carbocycles. The molecule has 142 valence electrons. The molecule has 1 amide bonds. The van der Waals surface area contributed by atoms with E-state index in [0.29, 0.717) is 18.7 Å². The topological polar surface area (TPSA) is 56.1 Å². The van der Waals surface area contributed by atoms with Crippen molar-refractivity contribution in [1.29, 1.82) is 0 Å². The van der Waals surface area contributed by atoms with E-state index in [-0.39, 0.29) is 17.9 Å². The van der Waals surface area contributed by atoms with Gasteiger partial charge in [-0.15, -0.1) is 0 Å². The van der Waals surface area contributed by atoms with Crippen molar-refractivity contribution in [2.45, 2.75) is 26.4 Å². The summed E-state index contributed by atoms with van der Waals surface area (Å²) in [6.45, 7) is 5.31. The van der Waals surface area contributed by atoms with Gasteiger partial charge in [0.05, 0.1) is 30.0 Å². The molecule has 0 fully saturated rings. The lowest BCUT2D eigenvalue weighted by molar-refractivity contribution is 0.0866. The lowest BCUT2D eigenvalue weighted by Gasteiger charge is -2.21. The molecule has 3 aromatic rings. The summed E-state index contributed by atoms with van der Waals surface area (Å²) < 4.78 is 7.26. The molecule has 3 rings (SSSR count). The van der Waals surface area contributed by atoms with Crippen LogP contribution >= 0.6 is 11.6 Å². The Morgan fingerprint density at radius 2 is 1.96 bits per heavy atom. The van der Waals surface area contributed by atoms with Gasteiger partial charge in [0.15, 0.2) is 0 Å². The quantitative estimate of drug-likeness (QED) is 0.665. The zero-order chi connectivity index (χ0) is 19.4. The standard InChI is InChI=1S/C21H24ClN3O2/c1-14(2)19(12-27-3)24-21(26)16-6-9-20-18(10-16)23-13-25(20)11-15-4-7-17(22)8-5-15/h4-10,13-14,19H,11-12H2,1-3H3,(H,24,26). The Bertz CT molecular complexity index is 919. The fraction of sp³-hybridized carbons (Fsp3) is 0.333. The Morgan fingerprint density at radius 3 is 2.63 bits per heavy atom. The molecule has 1 aromatic heterocycles. The van der Waals surface area contributed by atoms with E-state index in [9.17, 15) is 4.79 Å². The van der Waals surface area contributed by atoms with Gasteiger partial charge in [-0.25, -0.2) is 4.98 Å². The van der Waals surface area contributed by atoms with Crippen LogP contribution in [0, 0.1) is 5.92 Å². The third-order valence-electron chi connectivity index (χ3n) is 4.62. The van der Waals surface area contributed by atoms with E-state index >= 15 is 0 Å². The minimum absolute atomic E-state index is 0.0272. The third kappa shape index (κ3) is 4.67. The molecule has 0 aliphatic heterocycles. The fourth-order valence-corrected chi connectivity index (χ4v) is 3.08. The number of methoxy groups -OCH3 is 1. The van der Waals surface area contributed by atoms with E-state index in [4.69, 9.17) is 16.3 Å². The lowest BCUT2D eigenvalue weighted by Crippen LogP contribution is -2.41. The third-order valence-corrected chi connectivity index (χ3v) is 4.87. The number of fused-ring (bicyclic) bond motifs is 1. The zero-order valence-electron chi connectivity index (χ0n) is 15.8. The van der Waals surface area contributed by atoms with Crippen LogP contribution in [-0.4, -0.2) is 35.2 Å². The van der Waals surface area contributed by atoms with E-state index in [2.05, 4.69) is 28.7 Å². The van der Waals surface area contributed by atoms with Gasteiger partial charge in [-0.1, -0.05) is 37.6 Å². The highest BCUT2D eigenvalue weighted by atomic mass is 35.5. The van der Waals surface area contributed by atoms with Gasteiger partial charge in [-0.05, 0) is 41.8 Å². The van der Waals surface area contributed by atoms with Crippen molar-refractivity contribution in [2.24, 2.45) is 5.92 Å². The number of ether oxygens (including phenoxy) is 1. The van der Waals surface area contributed by atoms with Gasteiger partial charge in [0.25, 0.3) is 5.91 Å². The predicted octanol–water partition coefficient (Wildman–Crippen LogP) is 4.14. The van der Waals surface area contributed by atoms with Crippen LogP contribution in [0.1, 0.15) is 29.8 Å². The fourth-order valence-electron chi connectivity index (χ4n) is 2.95. The number of nitrogens with zero attached hydrogens (tertiary/aromatic N) is 2. The average Bonchev–Trinajstić information content (AvgIpc) is 3.05. The van der Waals surface area contributed by atoms with Crippen LogP contribution in [0.2, 0.25) is 5.02 Å². The Kier molecular flexibility index (Phi) is 6.14. The van der Waals surface area contributed by atoms with Gasteiger partial charge < -0.3 is 14.6 Å². The second-order valence-electron chi connectivity index (χ2n) is 6.98. The molecule has 1 unspecified atom stereocenters. The molecule has 1 N–H and O–H groups in total. The molecule has 5 nitrogen and oxygen atoms in total. The van der Waals surface area contributed by atoms with E-state index in [1.807, 2.05) is 42.5 Å². The molecular formula is C21H24ClN3O2. The van der Waals surface area contributed by atoms with Crippen molar-refractivity contribution in [2.75, 3.05) is 13.7 Å². The van der Waals surface area contributed by atoms with Crippen LogP contribution in [0.4, 0.5) is 0 Å². The number of hydrogen-bond donors (Lipinski definition) is 1. The Morgan fingerprint density at radius 1 is 1.22 bits per heavy atom. The number of amides is 1. The maximum absolute atomic E-state index is 12.6. The minimum atomic E-state index is -0.111. The maximum atomic E-state index is 12.6. The van der Waals surface area contributed by atoms with Crippen molar-refractivity contribution >= 4 is 28.5 Å². The first kappa shape index (κ1) is 19.4. The Hall–Kier alpha value is -2.37. The van der Waals surface area contributed by atoms with E-state index in [1.165, 1.54) is 0 Å². The second-order valence-corrected chi connectivity index (χ2v) is 7.42. The van der Waals surface area contributed by atoms with Gasteiger partial charge in [-0.3, -0.25) is 4.79 Å². The van der Waals surface area contributed by atoms with Crippen LogP contribution in [0.15, 0.2) is 48.8 Å². The van der Waals surface area contributed by atoms with E-state index < -0.39 is 0 Å². The summed E-state index contributed by atoms with van der Waals surface area (Å²) in [7, 11) is 1.64. The number of hydrogen-bond acceptors (Lipinski definition) is 3. The molecule has 0 bridgehead atoms. The molecule has 0 aliphatic rings. The summed E-state index contributed by atoms with van der Waals surface area (Å²) >= 11 is 5.95. The summed E-state index contributed by atoms with van der Waals surface area (Å²) in [5.41, 5.74) is 3.52. The summed E-state index contributed by atoms with van der Waals surface area (Å²) in [5.74, 6) is 0.177. The van der Waals surface area contributed by atoms with Gasteiger partial charge in [0.1, 0.15) is 0 Å². The van der Waals surface area contributed by atoms with Gasteiger partial charge in [0.2, 0.25) is 0 Å². The molecule has 6 heteroatoms. The molecule has 1 atom stereocenters. The molecule has 0 saturated carbocycles. The predicted molar refractivity (Wildman–Crippen MR) is 108 cm³/mol. The summed E-state index contributed by atoms with van der Waals surface area (Å²) in [4.78, 5) is 17.1. The van der Waals surface area contributed by atoms with Crippen molar-refractivity contribution in [3.63, 3.8) is 0 Å². The first-order valence-electron chi connectivity index (χ1n) is 8.97. The van der Waals surface area contributed by atoms with Crippen LogP contribution < -0.4 is 5.32 Å². The first-order valence-corrected chi connectivity index (χ1v) is 9.35. The van der Waals surface area contributed by atoms with Gasteiger partial charge in [0, 0.05) is 24.2 Å². The summed E-state index contributed by atoms with van der Waals surface area (Å²) in [5, 5.41) is 3.76. The Labute approximate surface area is 164 Å². The maximum Gasteiger partial charge on any atom is 0.251 e. The molecule has 0 aliphatic carbocycles. The number of rotatable bonds is 7. The highest BCUT2D eigenvalue weighted by Crippen LogP contribution is 2.18. The van der Waals surface area contributed by atoms with Crippen LogP contribution in [0.5, 0.6) is 0 Å². The van der Waals surface area contributed by atoms with Crippen LogP contribution in [-0.2, 0) is 11.3 Å². The normalized spacial score (nSPS) is 12.5. The smallest absolute Gasteiger partial charge is 0.251 e. The van der Waals surface area contributed by atoms with Gasteiger partial charge in [-0.2, -0.15) is 0 Å². The van der Waals surface area contributed by atoms with Crippen molar-refractivity contribution < 1.29 is 9.53 Å². The first-order chi connectivity index (χ1) is 13.0. The number of benzene rings is 2. The largest absolute Gasteiger partial charge is 0.383 e. The highest BCUT2D eigenvalue weighted by Gasteiger charge is 2.17. The molecule has 0 saturated heterocycles. The number of imidazole rings is 1. The average molecular weight is 386 g/mol. The lowest BCUT2D eigenvalue weighted by atomic mass is 10.0. The minimum Gasteiger partial charge on any atom is -0.383 e. The molecule has 0 radical (unpaired) electrons. The van der Waals surface area contributed by atoms with E-state index in [1.54, 1.807) is 13.4 Å². The number of halogens is 1. The molecule has 1 heterocycles. The number of aromatic nitrogens is 2. The van der Waals surface area contributed by atoms with Gasteiger partial charge >= 0.3 is 0 Å². The Balaban J connectivity index is 1.78. The number of nitrogens with one attached hydrogen (secondary N) is 1. The molecule has 0 spiro atoms. The molecule has 27 heavy (non-hydrogen) atoms. The zero-order valence-corrected chi connectivity index (χ0v) is 16.5. The van der Waals surface area contributed by atoms with Crippen molar-refractivity contribution in [1.82, 2.24) is 14.9 Å². The van der Waals surface area contributed by atoms with Crippen molar-refractivity contribution in [3.8, 4) is 0 Å². The number of carbonyl (C=O) groups excluding carboxylic acids is 1. The summed E-state index contributed by atoms with van der Waals surface area (Å²) in [6, 6.07) is 13.3.